The fourth-order valence-corrected chi connectivity index (χ4v) is 2.07. The molecule has 1 aromatic heterocycles. The van der Waals surface area contributed by atoms with Crippen LogP contribution in [0, 0.1) is 6.92 Å². The number of hydrogen-bond acceptors (Lipinski definition) is 2. The highest BCUT2D eigenvalue weighted by Crippen LogP contribution is 2.20. The summed E-state index contributed by atoms with van der Waals surface area (Å²) in [6.07, 6.45) is 2.49. The number of nitrogens with one attached hydrogen (secondary N) is 1. The zero-order valence-electron chi connectivity index (χ0n) is 8.05. The third-order valence-corrected chi connectivity index (χ3v) is 2.84. The normalized spacial score (nSPS) is 12.9. The molecule has 68 valence electrons. The number of aryl methyl sites for hydroxylation is 1. The predicted molar refractivity (Wildman–Crippen MR) is 57.0 cm³/mol. The van der Waals surface area contributed by atoms with E-state index in [1.807, 2.05) is 0 Å². The van der Waals surface area contributed by atoms with E-state index in [0.29, 0.717) is 6.04 Å². The van der Waals surface area contributed by atoms with Gasteiger partial charge in [-0.15, -0.1) is 11.3 Å². The van der Waals surface area contributed by atoms with E-state index in [1.54, 1.807) is 11.3 Å². The van der Waals surface area contributed by atoms with Crippen molar-refractivity contribution in [3.05, 3.63) is 16.3 Å². The number of hydrogen-bond donors (Lipinski definition) is 1. The Labute approximate surface area is 78.8 Å². The Bertz CT molecular complexity index is 229. The van der Waals surface area contributed by atoms with Crippen LogP contribution in [0.4, 0.5) is 5.69 Å². The minimum Gasteiger partial charge on any atom is -0.382 e. The van der Waals surface area contributed by atoms with E-state index in [9.17, 15) is 0 Å². The van der Waals surface area contributed by atoms with Crippen LogP contribution in [0.2, 0.25) is 0 Å². The quantitative estimate of drug-likeness (QED) is 0.751. The lowest BCUT2D eigenvalue weighted by Gasteiger charge is -2.13. The molecule has 0 aliphatic rings. The Hall–Kier alpha value is -0.500. The molecular weight excluding hydrogens is 166 g/mol. The summed E-state index contributed by atoms with van der Waals surface area (Å²) >= 11 is 1.76. The molecule has 2 heteroatoms. The molecule has 0 aliphatic carbocycles. The van der Waals surface area contributed by atoms with Gasteiger partial charge in [-0.3, -0.25) is 0 Å². The first-order valence-electron chi connectivity index (χ1n) is 4.53. The third kappa shape index (κ3) is 2.52. The second-order valence-corrected chi connectivity index (χ2v) is 4.05. The molecule has 1 rings (SSSR count). The van der Waals surface area contributed by atoms with Gasteiger partial charge in [-0.05, 0) is 31.2 Å². The Balaban J connectivity index is 2.46. The lowest BCUT2D eigenvalue weighted by Crippen LogP contribution is -2.14. The second kappa shape index (κ2) is 4.51. The van der Waals surface area contributed by atoms with E-state index >= 15 is 0 Å². The second-order valence-electron chi connectivity index (χ2n) is 3.30. The third-order valence-electron chi connectivity index (χ3n) is 1.98. The largest absolute Gasteiger partial charge is 0.382 e. The lowest BCUT2D eigenvalue weighted by molar-refractivity contribution is 0.690. The van der Waals surface area contributed by atoms with Crippen molar-refractivity contribution in [1.82, 2.24) is 0 Å². The van der Waals surface area contributed by atoms with Gasteiger partial charge in [0.2, 0.25) is 0 Å². The van der Waals surface area contributed by atoms with Crippen LogP contribution in [0.15, 0.2) is 10.8 Å². The van der Waals surface area contributed by atoms with Crippen LogP contribution in [0.1, 0.15) is 32.3 Å². The fraction of sp³-hybridized carbons (Fsp3) is 0.600. The monoisotopic (exact) mass is 183 g/mol. The molecular formula is C10H17NS. The molecule has 0 spiro atoms. The Morgan fingerprint density at radius 1 is 1.50 bits per heavy atom. The molecule has 0 saturated heterocycles. The summed E-state index contributed by atoms with van der Waals surface area (Å²) in [6.45, 7) is 6.61. The maximum Gasteiger partial charge on any atom is 0.0480 e. The first-order valence-corrected chi connectivity index (χ1v) is 5.47. The Morgan fingerprint density at radius 3 is 2.75 bits per heavy atom. The summed E-state index contributed by atoms with van der Waals surface area (Å²) in [7, 11) is 0. The summed E-state index contributed by atoms with van der Waals surface area (Å²) in [6, 6.07) is 0.600. The minimum absolute atomic E-state index is 0.600. The highest BCUT2D eigenvalue weighted by molar-refractivity contribution is 7.08. The van der Waals surface area contributed by atoms with Crippen LogP contribution in [0.5, 0.6) is 0 Å². The van der Waals surface area contributed by atoms with Crippen LogP contribution >= 0.6 is 11.3 Å². The van der Waals surface area contributed by atoms with Crippen molar-refractivity contribution in [3.8, 4) is 0 Å². The van der Waals surface area contributed by atoms with Gasteiger partial charge in [0.25, 0.3) is 0 Å². The molecule has 1 heterocycles. The summed E-state index contributed by atoms with van der Waals surface area (Å²) in [5.74, 6) is 0. The van der Waals surface area contributed by atoms with Crippen molar-refractivity contribution in [2.75, 3.05) is 5.32 Å². The molecule has 0 bridgehead atoms. The van der Waals surface area contributed by atoms with E-state index < -0.39 is 0 Å². The van der Waals surface area contributed by atoms with Gasteiger partial charge in [0.05, 0.1) is 0 Å². The van der Waals surface area contributed by atoms with Crippen molar-refractivity contribution in [2.24, 2.45) is 0 Å². The molecule has 1 aromatic rings. The van der Waals surface area contributed by atoms with Crippen LogP contribution in [-0.2, 0) is 0 Å². The number of anilines is 1. The van der Waals surface area contributed by atoms with Crippen molar-refractivity contribution in [1.29, 1.82) is 0 Å². The average molecular weight is 183 g/mol. The molecule has 0 radical (unpaired) electrons. The summed E-state index contributed by atoms with van der Waals surface area (Å²) in [5.41, 5.74) is 2.67. The van der Waals surface area contributed by atoms with Crippen molar-refractivity contribution in [2.45, 2.75) is 39.7 Å². The van der Waals surface area contributed by atoms with Gasteiger partial charge in [0.15, 0.2) is 0 Å². The molecule has 1 unspecified atom stereocenters. The fourth-order valence-electron chi connectivity index (χ4n) is 1.28. The van der Waals surface area contributed by atoms with Crippen molar-refractivity contribution < 1.29 is 0 Å². The Kier molecular flexibility index (Phi) is 3.60. The zero-order chi connectivity index (χ0) is 8.97. The lowest BCUT2D eigenvalue weighted by atomic mass is 10.2. The van der Waals surface area contributed by atoms with E-state index in [0.717, 1.165) is 0 Å². The topological polar surface area (TPSA) is 12.0 Å². The first kappa shape index (κ1) is 9.59. The molecule has 0 fully saturated rings. The van der Waals surface area contributed by atoms with Gasteiger partial charge in [0.1, 0.15) is 0 Å². The molecule has 1 N–H and O–H groups in total. The average Bonchev–Trinajstić information content (AvgIpc) is 2.37. The molecule has 1 atom stereocenters. The van der Waals surface area contributed by atoms with Gasteiger partial charge >= 0.3 is 0 Å². The zero-order valence-corrected chi connectivity index (χ0v) is 8.87. The number of rotatable bonds is 4. The summed E-state index contributed by atoms with van der Waals surface area (Å²) in [4.78, 5) is 0. The Morgan fingerprint density at radius 2 is 2.25 bits per heavy atom. The van der Waals surface area contributed by atoms with Gasteiger partial charge in [0, 0.05) is 17.1 Å². The van der Waals surface area contributed by atoms with Crippen LogP contribution in [-0.4, -0.2) is 6.04 Å². The van der Waals surface area contributed by atoms with Gasteiger partial charge in [-0.25, -0.2) is 0 Å². The maximum atomic E-state index is 3.50. The molecule has 0 amide bonds. The van der Waals surface area contributed by atoms with Crippen LogP contribution in [0.25, 0.3) is 0 Å². The van der Waals surface area contributed by atoms with E-state index in [4.69, 9.17) is 0 Å². The SMILES string of the molecule is CCCC(C)Nc1cscc1C. The molecule has 0 aliphatic heterocycles. The summed E-state index contributed by atoms with van der Waals surface area (Å²) in [5, 5.41) is 7.87. The standard InChI is InChI=1S/C10H17NS/c1-4-5-9(3)11-10-7-12-6-8(10)2/h6-7,9,11H,4-5H2,1-3H3. The van der Waals surface area contributed by atoms with Crippen LogP contribution in [0.3, 0.4) is 0 Å². The molecule has 0 saturated carbocycles. The van der Waals surface area contributed by atoms with Gasteiger partial charge in [-0.2, -0.15) is 0 Å². The van der Waals surface area contributed by atoms with E-state index in [2.05, 4.69) is 36.8 Å². The van der Waals surface area contributed by atoms with Crippen molar-refractivity contribution >= 4 is 17.0 Å². The van der Waals surface area contributed by atoms with Gasteiger partial charge in [-0.1, -0.05) is 13.3 Å². The molecule has 1 nitrogen and oxygen atoms in total. The maximum absolute atomic E-state index is 3.50. The van der Waals surface area contributed by atoms with E-state index in [-0.39, 0.29) is 0 Å². The smallest absolute Gasteiger partial charge is 0.0480 e. The predicted octanol–water partition coefficient (Wildman–Crippen LogP) is 3.66. The van der Waals surface area contributed by atoms with Gasteiger partial charge < -0.3 is 5.32 Å². The highest BCUT2D eigenvalue weighted by Gasteiger charge is 2.02. The minimum atomic E-state index is 0.600. The molecule has 0 aromatic carbocycles. The summed E-state index contributed by atoms with van der Waals surface area (Å²) < 4.78 is 0. The number of thiophene rings is 1. The molecule has 12 heavy (non-hydrogen) atoms. The van der Waals surface area contributed by atoms with E-state index in [1.165, 1.54) is 24.1 Å². The first-order chi connectivity index (χ1) is 5.74. The highest BCUT2D eigenvalue weighted by atomic mass is 32.1. The van der Waals surface area contributed by atoms with Crippen molar-refractivity contribution in [3.63, 3.8) is 0 Å². The van der Waals surface area contributed by atoms with Crippen LogP contribution < -0.4 is 5.32 Å².